The Bertz CT molecular complexity index is 826. The van der Waals surface area contributed by atoms with Gasteiger partial charge in [0.15, 0.2) is 5.69 Å². The fourth-order valence-electron chi connectivity index (χ4n) is 3.79. The maximum absolute atomic E-state index is 12.9. The molecule has 2 aliphatic rings. The number of hydrogen-bond donors (Lipinski definition) is 1. The van der Waals surface area contributed by atoms with Crippen LogP contribution in [0.4, 0.5) is 11.8 Å². The first-order valence-electron chi connectivity index (χ1n) is 9.77. The van der Waals surface area contributed by atoms with Crippen molar-refractivity contribution in [2.45, 2.75) is 39.5 Å². The molecule has 0 radical (unpaired) electrons. The van der Waals surface area contributed by atoms with E-state index < -0.39 is 0 Å². The number of carbonyl (C=O) groups is 1. The number of rotatable bonds is 4. The molecular weight excluding hydrogens is 344 g/mol. The SMILES string of the molecule is CCNc1nc(C)cc(N2CCN(C(=O)c3noc4c3CCCC4)CC2)n1. The molecule has 1 saturated heterocycles. The quantitative estimate of drug-likeness (QED) is 0.881. The highest BCUT2D eigenvalue weighted by Crippen LogP contribution is 2.25. The summed E-state index contributed by atoms with van der Waals surface area (Å²) in [5.41, 5.74) is 2.48. The normalized spacial score (nSPS) is 17.0. The largest absolute Gasteiger partial charge is 0.360 e. The van der Waals surface area contributed by atoms with Gasteiger partial charge < -0.3 is 19.6 Å². The first kappa shape index (κ1) is 17.8. The molecule has 27 heavy (non-hydrogen) atoms. The lowest BCUT2D eigenvalue weighted by molar-refractivity contribution is 0.0735. The molecule has 1 N–H and O–H groups in total. The van der Waals surface area contributed by atoms with E-state index in [2.05, 4.69) is 25.3 Å². The van der Waals surface area contributed by atoms with Crippen LogP contribution in [0.2, 0.25) is 0 Å². The van der Waals surface area contributed by atoms with Crippen LogP contribution in [0.25, 0.3) is 0 Å². The number of aryl methyl sites for hydroxylation is 2. The molecule has 1 amide bonds. The minimum absolute atomic E-state index is 0.00578. The zero-order valence-corrected chi connectivity index (χ0v) is 16.0. The Kier molecular flexibility index (Phi) is 4.96. The maximum atomic E-state index is 12.9. The summed E-state index contributed by atoms with van der Waals surface area (Å²) in [6.45, 7) is 7.58. The molecule has 2 aromatic rings. The van der Waals surface area contributed by atoms with E-state index >= 15 is 0 Å². The van der Waals surface area contributed by atoms with Gasteiger partial charge in [0, 0.05) is 56.5 Å². The number of anilines is 2. The molecule has 3 heterocycles. The predicted molar refractivity (Wildman–Crippen MR) is 102 cm³/mol. The zero-order chi connectivity index (χ0) is 18.8. The molecular formula is C19H26N6O2. The third-order valence-corrected chi connectivity index (χ3v) is 5.22. The van der Waals surface area contributed by atoms with Crippen LogP contribution in [-0.2, 0) is 12.8 Å². The Morgan fingerprint density at radius 3 is 2.74 bits per heavy atom. The Labute approximate surface area is 158 Å². The fraction of sp³-hybridized carbons (Fsp3) is 0.579. The molecule has 8 heteroatoms. The smallest absolute Gasteiger partial charge is 0.276 e. The van der Waals surface area contributed by atoms with E-state index in [1.54, 1.807) is 0 Å². The van der Waals surface area contributed by atoms with E-state index in [4.69, 9.17) is 4.52 Å². The molecule has 8 nitrogen and oxygen atoms in total. The van der Waals surface area contributed by atoms with Crippen LogP contribution in [0.15, 0.2) is 10.6 Å². The molecule has 0 atom stereocenters. The van der Waals surface area contributed by atoms with Crippen LogP contribution in [-0.4, -0.2) is 58.7 Å². The zero-order valence-electron chi connectivity index (χ0n) is 16.0. The molecule has 1 fully saturated rings. The third kappa shape index (κ3) is 3.61. The van der Waals surface area contributed by atoms with Crippen molar-refractivity contribution < 1.29 is 9.32 Å². The lowest BCUT2D eigenvalue weighted by Gasteiger charge is -2.35. The average Bonchev–Trinajstić information content (AvgIpc) is 3.11. The number of aromatic nitrogens is 3. The highest BCUT2D eigenvalue weighted by molar-refractivity contribution is 5.94. The molecule has 2 aromatic heterocycles. The number of amides is 1. The molecule has 0 spiro atoms. The molecule has 0 aromatic carbocycles. The second kappa shape index (κ2) is 7.54. The van der Waals surface area contributed by atoms with Gasteiger partial charge in [-0.05, 0) is 33.1 Å². The van der Waals surface area contributed by atoms with Crippen LogP contribution in [0, 0.1) is 6.92 Å². The van der Waals surface area contributed by atoms with Gasteiger partial charge in [0.05, 0.1) is 0 Å². The summed E-state index contributed by atoms with van der Waals surface area (Å²) in [7, 11) is 0. The van der Waals surface area contributed by atoms with Crippen molar-refractivity contribution in [2.75, 3.05) is 42.9 Å². The third-order valence-electron chi connectivity index (χ3n) is 5.22. The molecule has 0 bridgehead atoms. The number of carbonyl (C=O) groups excluding carboxylic acids is 1. The van der Waals surface area contributed by atoms with E-state index in [0.29, 0.717) is 24.7 Å². The fourth-order valence-corrected chi connectivity index (χ4v) is 3.79. The van der Waals surface area contributed by atoms with E-state index in [-0.39, 0.29) is 5.91 Å². The second-order valence-electron chi connectivity index (χ2n) is 7.14. The highest BCUT2D eigenvalue weighted by Gasteiger charge is 2.29. The van der Waals surface area contributed by atoms with Gasteiger partial charge >= 0.3 is 0 Å². The van der Waals surface area contributed by atoms with Crippen molar-refractivity contribution in [3.05, 3.63) is 28.8 Å². The second-order valence-corrected chi connectivity index (χ2v) is 7.14. The van der Waals surface area contributed by atoms with Crippen molar-refractivity contribution in [1.29, 1.82) is 0 Å². The van der Waals surface area contributed by atoms with Crippen LogP contribution < -0.4 is 10.2 Å². The number of nitrogens with zero attached hydrogens (tertiary/aromatic N) is 5. The first-order chi connectivity index (χ1) is 13.2. The van der Waals surface area contributed by atoms with E-state index in [1.165, 1.54) is 0 Å². The van der Waals surface area contributed by atoms with Crippen LogP contribution in [0.1, 0.15) is 47.3 Å². The van der Waals surface area contributed by atoms with Crippen LogP contribution in [0.3, 0.4) is 0 Å². The van der Waals surface area contributed by atoms with Crippen molar-refractivity contribution in [3.63, 3.8) is 0 Å². The van der Waals surface area contributed by atoms with Crippen molar-refractivity contribution >= 4 is 17.7 Å². The number of hydrogen-bond acceptors (Lipinski definition) is 7. The van der Waals surface area contributed by atoms with Crippen LogP contribution in [0.5, 0.6) is 0 Å². The first-order valence-corrected chi connectivity index (χ1v) is 9.77. The monoisotopic (exact) mass is 370 g/mol. The van der Waals surface area contributed by atoms with E-state index in [9.17, 15) is 4.79 Å². The standard InChI is InChI=1S/C19H26N6O2/c1-3-20-19-21-13(2)12-16(22-19)24-8-10-25(11-9-24)18(26)17-14-6-4-5-7-15(14)27-23-17/h12H,3-11H2,1-2H3,(H,20,21,22). The minimum Gasteiger partial charge on any atom is -0.360 e. The predicted octanol–water partition coefficient (Wildman–Crippen LogP) is 2.05. The van der Waals surface area contributed by atoms with Gasteiger partial charge in [0.2, 0.25) is 5.95 Å². The van der Waals surface area contributed by atoms with Gasteiger partial charge in [0.1, 0.15) is 11.6 Å². The van der Waals surface area contributed by atoms with Gasteiger partial charge in [-0.2, -0.15) is 4.98 Å². The summed E-state index contributed by atoms with van der Waals surface area (Å²) in [5, 5.41) is 7.26. The molecule has 0 saturated carbocycles. The Balaban J connectivity index is 1.43. The molecule has 1 aliphatic carbocycles. The van der Waals surface area contributed by atoms with Crippen LogP contribution >= 0.6 is 0 Å². The lowest BCUT2D eigenvalue weighted by Crippen LogP contribution is -2.49. The Hall–Kier alpha value is -2.64. The summed E-state index contributed by atoms with van der Waals surface area (Å²) < 4.78 is 5.41. The molecule has 4 rings (SSSR count). The Morgan fingerprint density at radius 1 is 1.19 bits per heavy atom. The van der Waals surface area contributed by atoms with E-state index in [0.717, 1.165) is 68.2 Å². The summed E-state index contributed by atoms with van der Waals surface area (Å²) in [5.74, 6) is 2.45. The number of fused-ring (bicyclic) bond motifs is 1. The van der Waals surface area contributed by atoms with Gasteiger partial charge in [-0.3, -0.25) is 4.79 Å². The topological polar surface area (TPSA) is 87.4 Å². The number of nitrogens with one attached hydrogen (secondary N) is 1. The van der Waals surface area contributed by atoms with Gasteiger partial charge in [-0.1, -0.05) is 5.16 Å². The van der Waals surface area contributed by atoms with Gasteiger partial charge in [0.25, 0.3) is 5.91 Å². The van der Waals surface area contributed by atoms with Gasteiger partial charge in [-0.25, -0.2) is 4.98 Å². The average molecular weight is 370 g/mol. The Morgan fingerprint density at radius 2 is 1.96 bits per heavy atom. The van der Waals surface area contributed by atoms with Crippen molar-refractivity contribution in [3.8, 4) is 0 Å². The summed E-state index contributed by atoms with van der Waals surface area (Å²) in [6, 6.07) is 1.99. The highest BCUT2D eigenvalue weighted by atomic mass is 16.5. The number of piperazine rings is 1. The molecule has 1 aliphatic heterocycles. The van der Waals surface area contributed by atoms with E-state index in [1.807, 2.05) is 24.8 Å². The minimum atomic E-state index is -0.00578. The summed E-state index contributed by atoms with van der Waals surface area (Å²) in [6.07, 6.45) is 4.00. The summed E-state index contributed by atoms with van der Waals surface area (Å²) >= 11 is 0. The lowest BCUT2D eigenvalue weighted by atomic mass is 9.96. The molecule has 0 unspecified atom stereocenters. The van der Waals surface area contributed by atoms with Crippen molar-refractivity contribution in [1.82, 2.24) is 20.0 Å². The summed E-state index contributed by atoms with van der Waals surface area (Å²) in [4.78, 5) is 26.0. The van der Waals surface area contributed by atoms with Crippen molar-refractivity contribution in [2.24, 2.45) is 0 Å². The maximum Gasteiger partial charge on any atom is 0.276 e. The van der Waals surface area contributed by atoms with Gasteiger partial charge in [-0.15, -0.1) is 0 Å². The molecule has 144 valence electrons.